The molecule has 0 amide bonds. The van der Waals surface area contributed by atoms with Crippen LogP contribution < -0.4 is 0 Å². The summed E-state index contributed by atoms with van der Waals surface area (Å²) in [4.78, 5) is 0. The second-order valence-electron chi connectivity index (χ2n) is 4.17. The lowest BCUT2D eigenvalue weighted by molar-refractivity contribution is 0.116. The lowest BCUT2D eigenvalue weighted by Gasteiger charge is -2.20. The van der Waals surface area contributed by atoms with Crippen molar-refractivity contribution < 1.29 is 4.74 Å². The quantitative estimate of drug-likeness (QED) is 0.552. The van der Waals surface area contributed by atoms with Crippen molar-refractivity contribution in [3.05, 3.63) is 12.5 Å². The second kappa shape index (κ2) is 8.28. The summed E-state index contributed by atoms with van der Waals surface area (Å²) in [5.41, 5.74) is 0. The Morgan fingerprint density at radius 2 is 1.79 bits per heavy atom. The maximum Gasteiger partial charge on any atom is 0.0970 e. The van der Waals surface area contributed by atoms with Gasteiger partial charge in [-0.1, -0.05) is 32.6 Å². The molecule has 0 N–H and O–H groups in total. The predicted octanol–water partition coefficient (Wildman–Crippen LogP) is 4.28. The normalized spacial score (nSPS) is 18.6. The van der Waals surface area contributed by atoms with Crippen LogP contribution >= 0.6 is 0 Å². The second-order valence-corrected chi connectivity index (χ2v) is 4.17. The Labute approximate surface area is 89.2 Å². The fraction of sp³-hybridized carbons (Fsp3) is 0.846. The topological polar surface area (TPSA) is 9.23 Å². The zero-order valence-corrected chi connectivity index (χ0v) is 9.56. The summed E-state index contributed by atoms with van der Waals surface area (Å²) in [7, 11) is 0. The van der Waals surface area contributed by atoms with E-state index in [1.165, 1.54) is 63.9 Å². The molecule has 0 aromatic rings. The summed E-state index contributed by atoms with van der Waals surface area (Å²) < 4.78 is 5.76. The summed E-state index contributed by atoms with van der Waals surface area (Å²) in [6, 6.07) is 0. The van der Waals surface area contributed by atoms with Crippen LogP contribution in [0.2, 0.25) is 0 Å². The van der Waals surface area contributed by atoms with E-state index >= 15 is 0 Å². The molecule has 1 aliphatic rings. The molecule has 1 nitrogen and oxygen atoms in total. The molecule has 0 spiro atoms. The van der Waals surface area contributed by atoms with Crippen LogP contribution in [0.3, 0.4) is 0 Å². The van der Waals surface area contributed by atoms with Crippen molar-refractivity contribution in [1.82, 2.24) is 0 Å². The van der Waals surface area contributed by atoms with Crippen LogP contribution in [-0.2, 0) is 4.74 Å². The Bertz CT molecular complexity index is 116. The highest BCUT2D eigenvalue weighted by molar-refractivity contribution is 4.89. The average Bonchev–Trinajstić information content (AvgIpc) is 2.25. The molecule has 2 radical (unpaired) electrons. The van der Waals surface area contributed by atoms with Crippen molar-refractivity contribution >= 4 is 0 Å². The Morgan fingerprint density at radius 1 is 1.07 bits per heavy atom. The number of hydrogen-bond acceptors (Lipinski definition) is 1. The standard InChI is InChI=1S/C13H24O/c1-2-3-4-5-9-12-14-13-10-7-6-8-11-13/h6H,2-5,7-12H2,1H3. The van der Waals surface area contributed by atoms with Gasteiger partial charge in [-0.05, 0) is 38.5 Å². The summed E-state index contributed by atoms with van der Waals surface area (Å²) >= 11 is 0. The van der Waals surface area contributed by atoms with Gasteiger partial charge in [0.25, 0.3) is 0 Å². The summed E-state index contributed by atoms with van der Waals surface area (Å²) in [5.74, 6) is 0. The molecule has 0 aliphatic heterocycles. The van der Waals surface area contributed by atoms with Crippen molar-refractivity contribution in [2.75, 3.05) is 6.61 Å². The van der Waals surface area contributed by atoms with Crippen molar-refractivity contribution in [2.24, 2.45) is 0 Å². The first kappa shape index (κ1) is 12.0. The van der Waals surface area contributed by atoms with E-state index < -0.39 is 0 Å². The van der Waals surface area contributed by atoms with Crippen LogP contribution in [0.1, 0.15) is 64.7 Å². The van der Waals surface area contributed by atoms with Gasteiger partial charge in [-0.2, -0.15) is 0 Å². The van der Waals surface area contributed by atoms with Gasteiger partial charge in [-0.3, -0.25) is 0 Å². The van der Waals surface area contributed by atoms with Crippen LogP contribution in [0.5, 0.6) is 0 Å². The van der Waals surface area contributed by atoms with Crippen molar-refractivity contribution in [3.8, 4) is 0 Å². The van der Waals surface area contributed by atoms with Crippen LogP contribution in [0, 0.1) is 12.5 Å². The number of unbranched alkanes of at least 4 members (excludes halogenated alkanes) is 4. The van der Waals surface area contributed by atoms with Crippen LogP contribution in [0.4, 0.5) is 0 Å². The molecule has 0 bridgehead atoms. The third-order valence-electron chi connectivity index (χ3n) is 2.81. The monoisotopic (exact) mass is 196 g/mol. The van der Waals surface area contributed by atoms with E-state index in [4.69, 9.17) is 4.74 Å². The van der Waals surface area contributed by atoms with Crippen molar-refractivity contribution in [2.45, 2.75) is 64.7 Å². The minimum Gasteiger partial charge on any atom is -0.372 e. The molecule has 1 rings (SSSR count). The van der Waals surface area contributed by atoms with Gasteiger partial charge in [-0.15, -0.1) is 0 Å². The highest BCUT2D eigenvalue weighted by atomic mass is 16.5. The average molecular weight is 196 g/mol. The van der Waals surface area contributed by atoms with E-state index in [1.807, 2.05) is 0 Å². The fourth-order valence-electron chi connectivity index (χ4n) is 1.86. The largest absolute Gasteiger partial charge is 0.372 e. The van der Waals surface area contributed by atoms with E-state index in [-0.39, 0.29) is 0 Å². The molecule has 0 aromatic carbocycles. The highest BCUT2D eigenvalue weighted by Crippen LogP contribution is 2.25. The number of rotatable bonds is 7. The highest BCUT2D eigenvalue weighted by Gasteiger charge is 2.14. The Kier molecular flexibility index (Phi) is 7.12. The van der Waals surface area contributed by atoms with E-state index in [2.05, 4.69) is 13.3 Å². The van der Waals surface area contributed by atoms with Gasteiger partial charge >= 0.3 is 0 Å². The van der Waals surface area contributed by atoms with E-state index in [9.17, 15) is 0 Å². The lowest BCUT2D eigenvalue weighted by Crippen LogP contribution is -2.09. The van der Waals surface area contributed by atoms with Gasteiger partial charge in [0.1, 0.15) is 0 Å². The molecule has 0 unspecified atom stereocenters. The molecule has 0 saturated heterocycles. The molecule has 14 heavy (non-hydrogen) atoms. The SMILES string of the molecule is CCCCCCCO[C]1CC[CH]CC1. The molecule has 82 valence electrons. The third-order valence-corrected chi connectivity index (χ3v) is 2.81. The van der Waals surface area contributed by atoms with E-state index in [1.54, 1.807) is 0 Å². The molecule has 1 fully saturated rings. The first-order chi connectivity index (χ1) is 6.93. The van der Waals surface area contributed by atoms with Crippen LogP contribution in [0.25, 0.3) is 0 Å². The first-order valence-electron chi connectivity index (χ1n) is 6.22. The molecule has 1 saturated carbocycles. The predicted molar refractivity (Wildman–Crippen MR) is 60.7 cm³/mol. The third kappa shape index (κ3) is 5.64. The van der Waals surface area contributed by atoms with E-state index in [0.717, 1.165) is 6.61 Å². The van der Waals surface area contributed by atoms with Crippen molar-refractivity contribution in [3.63, 3.8) is 0 Å². The maximum atomic E-state index is 5.76. The summed E-state index contributed by atoms with van der Waals surface area (Å²) in [5, 5.41) is 0. The fourth-order valence-corrected chi connectivity index (χ4v) is 1.86. The smallest absolute Gasteiger partial charge is 0.0970 e. The summed E-state index contributed by atoms with van der Waals surface area (Å²) in [6.07, 6.45) is 15.2. The molecular weight excluding hydrogens is 172 g/mol. The molecule has 0 aromatic heterocycles. The molecular formula is C13H24O. The Balaban J connectivity index is 1.82. The Morgan fingerprint density at radius 3 is 2.50 bits per heavy atom. The molecule has 1 heteroatoms. The minimum atomic E-state index is 0.957. The van der Waals surface area contributed by atoms with E-state index in [0.29, 0.717) is 0 Å². The first-order valence-corrected chi connectivity index (χ1v) is 6.22. The maximum absolute atomic E-state index is 5.76. The van der Waals surface area contributed by atoms with Crippen molar-refractivity contribution in [1.29, 1.82) is 0 Å². The van der Waals surface area contributed by atoms with Crippen LogP contribution in [0.15, 0.2) is 0 Å². The molecule has 1 aliphatic carbocycles. The zero-order valence-electron chi connectivity index (χ0n) is 9.56. The Hall–Kier alpha value is -0.0400. The summed E-state index contributed by atoms with van der Waals surface area (Å²) in [6.45, 7) is 3.21. The number of hydrogen-bond donors (Lipinski definition) is 0. The van der Waals surface area contributed by atoms with Gasteiger partial charge in [-0.25, -0.2) is 0 Å². The van der Waals surface area contributed by atoms with Gasteiger partial charge in [0.2, 0.25) is 0 Å². The molecule has 0 heterocycles. The van der Waals surface area contributed by atoms with Crippen LogP contribution in [-0.4, -0.2) is 6.61 Å². The number of ether oxygens (including phenoxy) is 1. The van der Waals surface area contributed by atoms with Gasteiger partial charge in [0.05, 0.1) is 6.10 Å². The molecule has 0 atom stereocenters. The lowest BCUT2D eigenvalue weighted by atomic mass is 9.98. The van der Waals surface area contributed by atoms with Gasteiger partial charge < -0.3 is 4.74 Å². The van der Waals surface area contributed by atoms with Gasteiger partial charge in [0, 0.05) is 6.61 Å². The van der Waals surface area contributed by atoms with Gasteiger partial charge in [0.15, 0.2) is 0 Å². The zero-order chi connectivity index (χ0) is 10.1. The minimum absolute atomic E-state index is 0.957.